The van der Waals surface area contributed by atoms with Crippen molar-refractivity contribution in [2.75, 3.05) is 0 Å². The Balaban J connectivity index is 3.42. The van der Waals surface area contributed by atoms with Crippen molar-refractivity contribution in [2.24, 2.45) is 0 Å². The van der Waals surface area contributed by atoms with Crippen LogP contribution >= 0.6 is 15.9 Å². The monoisotopic (exact) mass is 264 g/mol. The van der Waals surface area contributed by atoms with E-state index in [0.717, 1.165) is 6.07 Å². The first-order chi connectivity index (χ1) is 6.60. The van der Waals surface area contributed by atoms with E-state index in [9.17, 15) is 13.2 Å². The Bertz CT molecular complexity index is 387. The summed E-state index contributed by atoms with van der Waals surface area (Å²) in [4.78, 5) is 3.09. The number of nitrogens with zero attached hydrogens (tertiary/aromatic N) is 2. The number of rotatable bonds is 2. The van der Waals surface area contributed by atoms with Crippen LogP contribution in [0.1, 0.15) is 23.2 Å². The van der Waals surface area contributed by atoms with Gasteiger partial charge in [-0.1, -0.05) is 15.9 Å². The van der Waals surface area contributed by atoms with Crippen molar-refractivity contribution in [3.05, 3.63) is 28.8 Å². The molecule has 0 aliphatic rings. The third kappa shape index (κ3) is 2.04. The average molecular weight is 265 g/mol. The average Bonchev–Trinajstić information content (AvgIpc) is 2.15. The normalized spacial score (nSPS) is 10.3. The summed E-state index contributed by atoms with van der Waals surface area (Å²) in [5.74, 6) is -0.930. The molecule has 0 saturated heterocycles. The summed E-state index contributed by atoms with van der Waals surface area (Å²) in [7, 11) is 0. The van der Waals surface area contributed by atoms with E-state index in [1.165, 1.54) is 6.07 Å². The summed E-state index contributed by atoms with van der Waals surface area (Å²) < 4.78 is 37.6. The van der Waals surface area contributed by atoms with Gasteiger partial charge in [0.05, 0.1) is 5.56 Å². The van der Waals surface area contributed by atoms with Crippen molar-refractivity contribution in [3.63, 3.8) is 0 Å². The number of hydrogen-bond donors (Lipinski definition) is 0. The van der Waals surface area contributed by atoms with E-state index in [2.05, 4.69) is 20.9 Å². The molecule has 0 radical (unpaired) electrons. The van der Waals surface area contributed by atoms with Crippen LogP contribution in [0.2, 0.25) is 0 Å². The number of pyridine rings is 1. The molecule has 1 aromatic rings. The van der Waals surface area contributed by atoms with Gasteiger partial charge < -0.3 is 0 Å². The molecule has 0 aromatic carbocycles. The lowest BCUT2D eigenvalue weighted by Gasteiger charge is -2.07. The molecule has 0 N–H and O–H groups in total. The first kappa shape index (κ1) is 11.0. The van der Waals surface area contributed by atoms with Gasteiger partial charge in [0.2, 0.25) is 5.95 Å². The summed E-state index contributed by atoms with van der Waals surface area (Å²) in [6.07, 6.45) is -2.83. The maximum atomic E-state index is 12.7. The number of halogens is 4. The van der Waals surface area contributed by atoms with Gasteiger partial charge in [0.25, 0.3) is 6.43 Å². The Morgan fingerprint density at radius 3 is 2.64 bits per heavy atom. The Morgan fingerprint density at radius 2 is 2.21 bits per heavy atom. The van der Waals surface area contributed by atoms with Crippen LogP contribution in [0.15, 0.2) is 6.07 Å². The molecule has 0 spiro atoms. The first-order valence-electron chi connectivity index (χ1n) is 3.53. The van der Waals surface area contributed by atoms with Crippen LogP contribution in [-0.4, -0.2) is 4.98 Å². The van der Waals surface area contributed by atoms with E-state index >= 15 is 0 Å². The quantitative estimate of drug-likeness (QED) is 0.609. The fraction of sp³-hybridized carbons (Fsp3) is 0.250. The van der Waals surface area contributed by atoms with Crippen LogP contribution < -0.4 is 0 Å². The summed E-state index contributed by atoms with van der Waals surface area (Å²) in [5.41, 5.74) is -1.02. The molecular formula is C8H4BrF3N2. The van der Waals surface area contributed by atoms with Gasteiger partial charge >= 0.3 is 0 Å². The second kappa shape index (κ2) is 4.42. The molecule has 6 heteroatoms. The third-order valence-electron chi connectivity index (χ3n) is 1.58. The molecule has 14 heavy (non-hydrogen) atoms. The maximum absolute atomic E-state index is 12.7. The van der Waals surface area contributed by atoms with E-state index in [1.807, 2.05) is 0 Å². The van der Waals surface area contributed by atoms with E-state index in [4.69, 9.17) is 5.26 Å². The second-order valence-corrected chi connectivity index (χ2v) is 2.97. The minimum Gasteiger partial charge on any atom is -0.208 e. The summed E-state index contributed by atoms with van der Waals surface area (Å²) in [6.45, 7) is 0. The maximum Gasteiger partial charge on any atom is 0.266 e. The van der Waals surface area contributed by atoms with Crippen molar-refractivity contribution >= 4 is 15.9 Å². The molecule has 74 valence electrons. The highest BCUT2D eigenvalue weighted by Gasteiger charge is 2.20. The topological polar surface area (TPSA) is 36.7 Å². The lowest BCUT2D eigenvalue weighted by atomic mass is 10.1. The fourth-order valence-electron chi connectivity index (χ4n) is 1.01. The van der Waals surface area contributed by atoms with Gasteiger partial charge in [-0.15, -0.1) is 0 Å². The van der Waals surface area contributed by atoms with Crippen molar-refractivity contribution in [3.8, 4) is 6.07 Å². The third-order valence-corrected chi connectivity index (χ3v) is 2.19. The molecule has 1 aromatic heterocycles. The number of nitriles is 1. The Kier molecular flexibility index (Phi) is 3.47. The van der Waals surface area contributed by atoms with Crippen LogP contribution in [0.5, 0.6) is 0 Å². The zero-order valence-corrected chi connectivity index (χ0v) is 8.35. The number of aromatic nitrogens is 1. The zero-order chi connectivity index (χ0) is 10.7. The molecule has 2 nitrogen and oxygen atoms in total. The molecular weight excluding hydrogens is 261 g/mol. The summed E-state index contributed by atoms with van der Waals surface area (Å²) in [5, 5.41) is 8.54. The molecule has 0 amide bonds. The highest BCUT2D eigenvalue weighted by Crippen LogP contribution is 2.27. The largest absolute Gasteiger partial charge is 0.266 e. The van der Waals surface area contributed by atoms with Gasteiger partial charge in [-0.3, -0.25) is 0 Å². The standard InChI is InChI=1S/C8H4BrF3N2/c9-2-4-1-6(10)14-5(3-13)7(4)8(11)12/h1,8H,2H2. The Morgan fingerprint density at radius 1 is 1.57 bits per heavy atom. The van der Waals surface area contributed by atoms with E-state index < -0.39 is 23.6 Å². The SMILES string of the molecule is N#Cc1nc(F)cc(CBr)c1C(F)F. The summed E-state index contributed by atoms with van der Waals surface area (Å²) >= 11 is 2.94. The van der Waals surface area contributed by atoms with E-state index in [0.29, 0.717) is 0 Å². The lowest BCUT2D eigenvalue weighted by molar-refractivity contribution is 0.149. The van der Waals surface area contributed by atoms with Gasteiger partial charge in [-0.05, 0) is 11.6 Å². The number of alkyl halides is 3. The van der Waals surface area contributed by atoms with Gasteiger partial charge in [-0.2, -0.15) is 9.65 Å². The highest BCUT2D eigenvalue weighted by molar-refractivity contribution is 9.08. The highest BCUT2D eigenvalue weighted by atomic mass is 79.9. The van der Waals surface area contributed by atoms with Crippen molar-refractivity contribution in [1.82, 2.24) is 4.98 Å². The van der Waals surface area contributed by atoms with Gasteiger partial charge in [0.1, 0.15) is 6.07 Å². The first-order valence-corrected chi connectivity index (χ1v) is 4.65. The van der Waals surface area contributed by atoms with Crippen LogP contribution in [0.25, 0.3) is 0 Å². The number of hydrogen-bond acceptors (Lipinski definition) is 2. The molecule has 0 atom stereocenters. The van der Waals surface area contributed by atoms with E-state index in [1.54, 1.807) is 0 Å². The molecule has 0 fully saturated rings. The summed E-state index contributed by atoms with van der Waals surface area (Å²) in [6, 6.07) is 2.33. The van der Waals surface area contributed by atoms with Crippen LogP contribution in [-0.2, 0) is 5.33 Å². The van der Waals surface area contributed by atoms with E-state index in [-0.39, 0.29) is 10.9 Å². The van der Waals surface area contributed by atoms with Crippen molar-refractivity contribution in [2.45, 2.75) is 11.8 Å². The Labute approximate surface area is 86.5 Å². The molecule has 0 unspecified atom stereocenters. The molecule has 0 bridgehead atoms. The van der Waals surface area contributed by atoms with Gasteiger partial charge in [0.15, 0.2) is 5.69 Å². The van der Waals surface area contributed by atoms with Gasteiger partial charge in [-0.25, -0.2) is 13.8 Å². The van der Waals surface area contributed by atoms with Crippen LogP contribution in [0, 0.1) is 17.3 Å². The minimum atomic E-state index is -2.83. The van der Waals surface area contributed by atoms with Crippen molar-refractivity contribution in [1.29, 1.82) is 5.26 Å². The minimum absolute atomic E-state index is 0.0454. The zero-order valence-electron chi connectivity index (χ0n) is 6.77. The Hall–Kier alpha value is -1.09. The molecule has 0 saturated carbocycles. The smallest absolute Gasteiger partial charge is 0.208 e. The van der Waals surface area contributed by atoms with Crippen LogP contribution in [0.3, 0.4) is 0 Å². The van der Waals surface area contributed by atoms with Gasteiger partial charge in [0, 0.05) is 5.33 Å². The predicted octanol–water partition coefficient (Wildman–Crippen LogP) is 2.92. The second-order valence-electron chi connectivity index (χ2n) is 2.41. The predicted molar refractivity (Wildman–Crippen MR) is 46.5 cm³/mol. The fourth-order valence-corrected chi connectivity index (χ4v) is 1.48. The molecule has 0 aliphatic heterocycles. The van der Waals surface area contributed by atoms with Crippen LogP contribution in [0.4, 0.5) is 13.2 Å². The van der Waals surface area contributed by atoms with Crippen molar-refractivity contribution < 1.29 is 13.2 Å². The molecule has 0 aliphatic carbocycles. The lowest BCUT2D eigenvalue weighted by Crippen LogP contribution is -2.02. The molecule has 1 heterocycles. The molecule has 1 rings (SSSR count).